The zero-order chi connectivity index (χ0) is 12.3. The molecule has 0 aliphatic heterocycles. The number of nitrogen functional groups attached to an aromatic ring is 1. The van der Waals surface area contributed by atoms with Crippen LogP contribution in [-0.4, -0.2) is 11.5 Å². The van der Waals surface area contributed by atoms with E-state index in [1.165, 1.54) is 19.3 Å². The van der Waals surface area contributed by atoms with Crippen LogP contribution in [0.15, 0.2) is 18.2 Å². The molecule has 1 aliphatic rings. The molecule has 0 heterocycles. The first-order chi connectivity index (χ1) is 8.22. The van der Waals surface area contributed by atoms with Crippen molar-refractivity contribution in [1.29, 1.82) is 0 Å². The van der Waals surface area contributed by atoms with Crippen molar-refractivity contribution in [2.75, 3.05) is 17.3 Å². The van der Waals surface area contributed by atoms with Crippen LogP contribution in [-0.2, 0) is 0 Å². The van der Waals surface area contributed by atoms with Crippen LogP contribution in [0.25, 0.3) is 0 Å². The lowest BCUT2D eigenvalue weighted by Gasteiger charge is -2.25. The van der Waals surface area contributed by atoms with Crippen molar-refractivity contribution in [1.82, 2.24) is 0 Å². The number of nitrogens with one attached hydrogen (secondary N) is 2. The van der Waals surface area contributed by atoms with E-state index in [0.29, 0.717) is 17.3 Å². The molecule has 1 aromatic carbocycles. The van der Waals surface area contributed by atoms with Crippen molar-refractivity contribution in [3.05, 3.63) is 28.3 Å². The van der Waals surface area contributed by atoms with E-state index in [9.17, 15) is 10.1 Å². The smallest absolute Gasteiger partial charge is 0.316 e. The lowest BCUT2D eigenvalue weighted by Crippen LogP contribution is -2.21. The standard InChI is InChI=1S/C11H16N4O2/c12-14-10-6-2-5-9(11(10)15(16)17)13-7-8-3-1-4-8/h2,5-6,8,13-14H,1,3-4,7,12H2. The molecule has 1 saturated carbocycles. The molecule has 2 rings (SSSR count). The quantitative estimate of drug-likeness (QED) is 0.413. The molecule has 1 aliphatic carbocycles. The Morgan fingerprint density at radius 3 is 2.65 bits per heavy atom. The summed E-state index contributed by atoms with van der Waals surface area (Å²) in [4.78, 5) is 10.6. The van der Waals surface area contributed by atoms with E-state index in [4.69, 9.17) is 5.84 Å². The van der Waals surface area contributed by atoms with Gasteiger partial charge in [-0.1, -0.05) is 12.5 Å². The number of benzene rings is 1. The summed E-state index contributed by atoms with van der Waals surface area (Å²) >= 11 is 0. The van der Waals surface area contributed by atoms with E-state index in [1.807, 2.05) is 0 Å². The molecule has 17 heavy (non-hydrogen) atoms. The maximum atomic E-state index is 11.0. The molecule has 0 amide bonds. The Morgan fingerprint density at radius 2 is 2.12 bits per heavy atom. The van der Waals surface area contributed by atoms with E-state index in [2.05, 4.69) is 10.7 Å². The minimum Gasteiger partial charge on any atom is -0.379 e. The highest BCUT2D eigenvalue weighted by molar-refractivity contribution is 5.75. The Hall–Kier alpha value is -1.82. The number of nitrogens with zero attached hydrogens (tertiary/aromatic N) is 1. The van der Waals surface area contributed by atoms with Crippen molar-refractivity contribution in [2.45, 2.75) is 19.3 Å². The predicted molar refractivity (Wildman–Crippen MR) is 66.7 cm³/mol. The normalized spacial score (nSPS) is 15.1. The third-order valence-corrected chi connectivity index (χ3v) is 3.18. The first-order valence-corrected chi connectivity index (χ1v) is 5.70. The largest absolute Gasteiger partial charge is 0.379 e. The minimum absolute atomic E-state index is 0.00863. The summed E-state index contributed by atoms with van der Waals surface area (Å²) in [6, 6.07) is 5.04. The van der Waals surface area contributed by atoms with Crippen molar-refractivity contribution in [3.8, 4) is 0 Å². The van der Waals surface area contributed by atoms with Gasteiger partial charge in [-0.3, -0.25) is 16.0 Å². The minimum atomic E-state index is -0.418. The molecule has 1 fully saturated rings. The lowest BCUT2D eigenvalue weighted by molar-refractivity contribution is -0.383. The number of nitro benzene ring substituents is 1. The molecule has 0 bridgehead atoms. The highest BCUT2D eigenvalue weighted by Gasteiger charge is 2.21. The summed E-state index contributed by atoms with van der Waals surface area (Å²) < 4.78 is 0. The number of para-hydroxylation sites is 1. The molecule has 0 aromatic heterocycles. The second-order valence-corrected chi connectivity index (χ2v) is 4.28. The third kappa shape index (κ3) is 2.47. The molecule has 4 N–H and O–H groups in total. The number of nitro groups is 1. The Labute approximate surface area is 99.3 Å². The van der Waals surface area contributed by atoms with Gasteiger partial charge < -0.3 is 10.7 Å². The van der Waals surface area contributed by atoms with Gasteiger partial charge in [0.2, 0.25) is 0 Å². The van der Waals surface area contributed by atoms with E-state index < -0.39 is 4.92 Å². The monoisotopic (exact) mass is 236 g/mol. The molecule has 0 spiro atoms. The van der Waals surface area contributed by atoms with Crippen molar-refractivity contribution in [2.24, 2.45) is 11.8 Å². The molecular weight excluding hydrogens is 220 g/mol. The molecule has 6 heteroatoms. The summed E-state index contributed by atoms with van der Waals surface area (Å²) in [6.45, 7) is 0.787. The Morgan fingerprint density at radius 1 is 1.41 bits per heavy atom. The van der Waals surface area contributed by atoms with Crippen LogP contribution in [0, 0.1) is 16.0 Å². The lowest BCUT2D eigenvalue weighted by atomic mass is 9.85. The van der Waals surface area contributed by atoms with Crippen LogP contribution in [0.1, 0.15) is 19.3 Å². The highest BCUT2D eigenvalue weighted by atomic mass is 16.6. The predicted octanol–water partition coefficient (Wildman–Crippen LogP) is 2.09. The van der Waals surface area contributed by atoms with Crippen LogP contribution in [0.3, 0.4) is 0 Å². The van der Waals surface area contributed by atoms with Gasteiger partial charge in [0.25, 0.3) is 0 Å². The molecular formula is C11H16N4O2. The van der Waals surface area contributed by atoms with Gasteiger partial charge in [0, 0.05) is 6.54 Å². The van der Waals surface area contributed by atoms with Gasteiger partial charge in [-0.25, -0.2) is 0 Å². The number of hydrogen-bond donors (Lipinski definition) is 3. The van der Waals surface area contributed by atoms with Gasteiger partial charge >= 0.3 is 5.69 Å². The zero-order valence-electron chi connectivity index (χ0n) is 9.48. The van der Waals surface area contributed by atoms with Gasteiger partial charge in [-0.2, -0.15) is 0 Å². The Kier molecular flexibility index (Phi) is 3.43. The number of rotatable bonds is 5. The second kappa shape index (κ2) is 5.01. The average molecular weight is 236 g/mol. The first-order valence-electron chi connectivity index (χ1n) is 5.70. The maximum absolute atomic E-state index is 11.0. The van der Waals surface area contributed by atoms with Gasteiger partial charge in [0.1, 0.15) is 11.4 Å². The number of hydrazine groups is 1. The summed E-state index contributed by atoms with van der Waals surface area (Å²) in [5.74, 6) is 5.91. The van der Waals surface area contributed by atoms with E-state index >= 15 is 0 Å². The SMILES string of the molecule is NNc1cccc(NCC2CCC2)c1[N+](=O)[O-]. The van der Waals surface area contributed by atoms with Crippen LogP contribution in [0.5, 0.6) is 0 Å². The highest BCUT2D eigenvalue weighted by Crippen LogP contribution is 2.33. The summed E-state index contributed by atoms with van der Waals surface area (Å²) in [5, 5.41) is 14.1. The topological polar surface area (TPSA) is 93.2 Å². The van der Waals surface area contributed by atoms with E-state index in [0.717, 1.165) is 6.54 Å². The maximum Gasteiger partial charge on any atom is 0.316 e. The molecule has 6 nitrogen and oxygen atoms in total. The summed E-state index contributed by atoms with van der Waals surface area (Å²) in [6.07, 6.45) is 3.67. The molecule has 92 valence electrons. The average Bonchev–Trinajstić information content (AvgIpc) is 2.26. The van der Waals surface area contributed by atoms with Crippen molar-refractivity contribution < 1.29 is 4.92 Å². The molecule has 0 saturated heterocycles. The van der Waals surface area contributed by atoms with Crippen LogP contribution in [0.4, 0.5) is 17.1 Å². The van der Waals surface area contributed by atoms with Crippen LogP contribution in [0.2, 0.25) is 0 Å². The number of anilines is 2. The number of nitrogens with two attached hydrogens (primary N) is 1. The number of hydrogen-bond acceptors (Lipinski definition) is 5. The fourth-order valence-electron chi connectivity index (χ4n) is 1.95. The molecule has 0 radical (unpaired) electrons. The third-order valence-electron chi connectivity index (χ3n) is 3.18. The second-order valence-electron chi connectivity index (χ2n) is 4.28. The Balaban J connectivity index is 2.16. The van der Waals surface area contributed by atoms with Crippen LogP contribution >= 0.6 is 0 Å². The fraction of sp³-hybridized carbons (Fsp3) is 0.455. The van der Waals surface area contributed by atoms with E-state index in [1.54, 1.807) is 18.2 Å². The molecule has 0 atom stereocenters. The molecule has 1 aromatic rings. The van der Waals surface area contributed by atoms with E-state index in [-0.39, 0.29) is 5.69 Å². The summed E-state index contributed by atoms with van der Waals surface area (Å²) in [5.41, 5.74) is 3.21. The van der Waals surface area contributed by atoms with Crippen molar-refractivity contribution in [3.63, 3.8) is 0 Å². The van der Waals surface area contributed by atoms with Gasteiger partial charge in [-0.05, 0) is 30.9 Å². The van der Waals surface area contributed by atoms with Crippen LogP contribution < -0.4 is 16.6 Å². The van der Waals surface area contributed by atoms with Crippen molar-refractivity contribution >= 4 is 17.1 Å². The first kappa shape index (κ1) is 11.7. The Bertz CT molecular complexity index is 418. The fourth-order valence-corrected chi connectivity index (χ4v) is 1.95. The van der Waals surface area contributed by atoms with Gasteiger partial charge in [0.05, 0.1) is 4.92 Å². The summed E-state index contributed by atoms with van der Waals surface area (Å²) in [7, 11) is 0. The molecule has 0 unspecified atom stereocenters. The van der Waals surface area contributed by atoms with Gasteiger partial charge in [-0.15, -0.1) is 0 Å². The van der Waals surface area contributed by atoms with Gasteiger partial charge in [0.15, 0.2) is 0 Å². The zero-order valence-corrected chi connectivity index (χ0v) is 9.48.